The lowest BCUT2D eigenvalue weighted by Crippen LogP contribution is -2.25. The van der Waals surface area contributed by atoms with Gasteiger partial charge in [-0.25, -0.2) is 5.43 Å². The molecule has 1 N–H and O–H groups in total. The van der Waals surface area contributed by atoms with Crippen molar-refractivity contribution in [3.63, 3.8) is 0 Å². The number of carbonyl (C=O) groups is 1. The predicted molar refractivity (Wildman–Crippen MR) is 97.8 cm³/mol. The van der Waals surface area contributed by atoms with Gasteiger partial charge in [-0.1, -0.05) is 48.9 Å². The van der Waals surface area contributed by atoms with Crippen LogP contribution in [-0.4, -0.2) is 11.6 Å². The fourth-order valence-electron chi connectivity index (χ4n) is 4.65. The van der Waals surface area contributed by atoms with Crippen LogP contribution in [0.1, 0.15) is 38.2 Å². The molecule has 2 aromatic rings. The zero-order valence-corrected chi connectivity index (χ0v) is 14.2. The second-order valence-corrected chi connectivity index (χ2v) is 7.38. The van der Waals surface area contributed by atoms with Gasteiger partial charge in [0.1, 0.15) is 0 Å². The molecule has 0 spiro atoms. The fraction of sp³-hybridized carbons (Fsp3) is 0.429. The molecule has 0 heterocycles. The monoisotopic (exact) mass is 320 g/mol. The molecule has 0 radical (unpaired) electrons. The van der Waals surface area contributed by atoms with Gasteiger partial charge in [0.05, 0.1) is 6.42 Å². The highest BCUT2D eigenvalue weighted by atomic mass is 16.2. The molecular weight excluding hydrogens is 296 g/mol. The highest BCUT2D eigenvalue weighted by Crippen LogP contribution is 2.48. The van der Waals surface area contributed by atoms with Crippen LogP contribution in [0.15, 0.2) is 47.6 Å². The summed E-state index contributed by atoms with van der Waals surface area (Å²) in [5, 5.41) is 6.73. The summed E-state index contributed by atoms with van der Waals surface area (Å²) in [7, 11) is 0. The van der Waals surface area contributed by atoms with Gasteiger partial charge in [-0.15, -0.1) is 0 Å². The Kier molecular flexibility index (Phi) is 4.09. The van der Waals surface area contributed by atoms with E-state index in [0.29, 0.717) is 12.3 Å². The molecule has 2 saturated carbocycles. The van der Waals surface area contributed by atoms with Crippen molar-refractivity contribution in [3.8, 4) is 0 Å². The minimum absolute atomic E-state index is 0.0335. The molecule has 124 valence electrons. The summed E-state index contributed by atoms with van der Waals surface area (Å²) in [5.41, 5.74) is 4.94. The molecule has 2 fully saturated rings. The summed E-state index contributed by atoms with van der Waals surface area (Å²) in [6.45, 7) is 2.07. The van der Waals surface area contributed by atoms with Crippen LogP contribution in [0.2, 0.25) is 0 Å². The van der Waals surface area contributed by atoms with Crippen LogP contribution in [0.25, 0.3) is 10.8 Å². The summed E-state index contributed by atoms with van der Waals surface area (Å²) in [6, 6.07) is 14.3. The molecule has 2 aliphatic carbocycles. The normalized spacial score (nSPS) is 26.0. The lowest BCUT2D eigenvalue weighted by molar-refractivity contribution is -0.120. The molecule has 2 aromatic carbocycles. The summed E-state index contributed by atoms with van der Waals surface area (Å²) in [4.78, 5) is 12.3. The zero-order chi connectivity index (χ0) is 16.5. The standard InChI is InChI=1S/C21H24N2O/c1-14(20-12-15-9-10-18(20)11-15)22-23-21(24)13-17-7-4-6-16-5-2-3-8-19(16)17/h2-8,15,18,20H,9-13H2,1H3,(H,23,24)/b22-14-/t15-,18+,20+/m0/s1. The van der Waals surface area contributed by atoms with E-state index in [-0.39, 0.29) is 5.91 Å². The smallest absolute Gasteiger partial charge is 0.244 e. The lowest BCUT2D eigenvalue weighted by atomic mass is 9.86. The zero-order valence-electron chi connectivity index (χ0n) is 14.2. The highest BCUT2D eigenvalue weighted by Gasteiger charge is 2.40. The SMILES string of the molecule is C/C(=N/NC(=O)Cc1cccc2ccccc12)[C@H]1C[C@H]2CC[C@@H]1C2. The average molecular weight is 320 g/mol. The van der Waals surface area contributed by atoms with Gasteiger partial charge >= 0.3 is 0 Å². The number of amides is 1. The Morgan fingerprint density at radius 3 is 2.75 bits per heavy atom. The van der Waals surface area contributed by atoms with Gasteiger partial charge in [-0.3, -0.25) is 4.79 Å². The molecule has 3 atom stereocenters. The Balaban J connectivity index is 1.42. The van der Waals surface area contributed by atoms with Crippen molar-refractivity contribution >= 4 is 22.4 Å². The Morgan fingerprint density at radius 2 is 1.96 bits per heavy atom. The Morgan fingerprint density at radius 1 is 1.12 bits per heavy atom. The summed E-state index contributed by atoms with van der Waals surface area (Å²) >= 11 is 0. The molecule has 0 aliphatic heterocycles. The van der Waals surface area contributed by atoms with Crippen LogP contribution >= 0.6 is 0 Å². The maximum Gasteiger partial charge on any atom is 0.244 e. The second kappa shape index (κ2) is 6.39. The molecule has 0 saturated heterocycles. The first-order valence-corrected chi connectivity index (χ1v) is 9.00. The van der Waals surface area contributed by atoms with Crippen molar-refractivity contribution in [2.24, 2.45) is 22.9 Å². The number of nitrogens with one attached hydrogen (secondary N) is 1. The van der Waals surface area contributed by atoms with Gasteiger partial charge in [0.2, 0.25) is 5.91 Å². The van der Waals surface area contributed by atoms with Crippen molar-refractivity contribution in [1.82, 2.24) is 5.43 Å². The van der Waals surface area contributed by atoms with Crippen LogP contribution < -0.4 is 5.43 Å². The third-order valence-electron chi connectivity index (χ3n) is 5.86. The third-order valence-corrected chi connectivity index (χ3v) is 5.86. The van der Waals surface area contributed by atoms with Crippen molar-refractivity contribution in [2.75, 3.05) is 0 Å². The molecule has 3 heteroatoms. The second-order valence-electron chi connectivity index (χ2n) is 7.38. The Hall–Kier alpha value is -2.16. The molecule has 2 aliphatic rings. The minimum atomic E-state index is -0.0335. The first kappa shape index (κ1) is 15.4. The van der Waals surface area contributed by atoms with E-state index >= 15 is 0 Å². The van der Waals surface area contributed by atoms with Crippen molar-refractivity contribution in [3.05, 3.63) is 48.0 Å². The maximum absolute atomic E-state index is 12.3. The number of benzene rings is 2. The van der Waals surface area contributed by atoms with Gasteiger partial charge in [-0.2, -0.15) is 5.10 Å². The van der Waals surface area contributed by atoms with E-state index in [0.717, 1.165) is 28.5 Å². The van der Waals surface area contributed by atoms with Crippen LogP contribution in [0.5, 0.6) is 0 Å². The molecule has 0 unspecified atom stereocenters. The third kappa shape index (κ3) is 2.95. The number of nitrogens with zero attached hydrogens (tertiary/aromatic N) is 1. The molecule has 3 nitrogen and oxygen atoms in total. The Bertz CT molecular complexity index is 790. The fourth-order valence-corrected chi connectivity index (χ4v) is 4.65. The minimum Gasteiger partial charge on any atom is -0.273 e. The number of hydrogen-bond donors (Lipinski definition) is 1. The summed E-state index contributed by atoms with van der Waals surface area (Å²) in [6.07, 6.45) is 5.73. The highest BCUT2D eigenvalue weighted by molar-refractivity contribution is 5.91. The number of rotatable bonds is 4. The quantitative estimate of drug-likeness (QED) is 0.662. The van der Waals surface area contributed by atoms with Crippen LogP contribution in [0.4, 0.5) is 0 Å². The van der Waals surface area contributed by atoms with E-state index in [9.17, 15) is 4.79 Å². The number of fused-ring (bicyclic) bond motifs is 3. The largest absolute Gasteiger partial charge is 0.273 e. The lowest BCUT2D eigenvalue weighted by Gasteiger charge is -2.21. The molecular formula is C21H24N2O. The van der Waals surface area contributed by atoms with Crippen LogP contribution in [0.3, 0.4) is 0 Å². The molecule has 1 amide bonds. The van der Waals surface area contributed by atoms with Gasteiger partial charge in [0.15, 0.2) is 0 Å². The maximum atomic E-state index is 12.3. The molecule has 0 aromatic heterocycles. The first-order valence-electron chi connectivity index (χ1n) is 9.00. The molecule has 4 rings (SSSR count). The summed E-state index contributed by atoms with van der Waals surface area (Å²) < 4.78 is 0. The van der Waals surface area contributed by atoms with E-state index in [1.165, 1.54) is 31.1 Å². The van der Waals surface area contributed by atoms with Gasteiger partial charge < -0.3 is 0 Å². The predicted octanol–water partition coefficient (Wildman–Crippen LogP) is 4.31. The summed E-state index contributed by atoms with van der Waals surface area (Å²) in [5.74, 6) is 2.25. The van der Waals surface area contributed by atoms with Crippen molar-refractivity contribution in [1.29, 1.82) is 0 Å². The van der Waals surface area contributed by atoms with Crippen LogP contribution in [0, 0.1) is 17.8 Å². The number of carbonyl (C=O) groups excluding carboxylic acids is 1. The first-order chi connectivity index (χ1) is 11.7. The van der Waals surface area contributed by atoms with Gasteiger partial charge in [0.25, 0.3) is 0 Å². The van der Waals surface area contributed by atoms with Gasteiger partial charge in [-0.05, 0) is 54.4 Å². The number of hydrogen-bond acceptors (Lipinski definition) is 2. The van der Waals surface area contributed by atoms with E-state index in [1.54, 1.807) is 0 Å². The molecule has 2 bridgehead atoms. The van der Waals surface area contributed by atoms with E-state index in [1.807, 2.05) is 24.3 Å². The topological polar surface area (TPSA) is 41.5 Å². The average Bonchev–Trinajstić information content (AvgIpc) is 3.23. The Labute approximate surface area is 143 Å². The van der Waals surface area contributed by atoms with Crippen LogP contribution in [-0.2, 0) is 11.2 Å². The van der Waals surface area contributed by atoms with Crippen molar-refractivity contribution in [2.45, 2.75) is 39.0 Å². The molecule has 24 heavy (non-hydrogen) atoms. The number of hydrazone groups is 1. The van der Waals surface area contributed by atoms with E-state index < -0.39 is 0 Å². The van der Waals surface area contributed by atoms with Crippen molar-refractivity contribution < 1.29 is 4.79 Å². The van der Waals surface area contributed by atoms with E-state index in [2.05, 4.69) is 35.7 Å². The van der Waals surface area contributed by atoms with E-state index in [4.69, 9.17) is 0 Å². The van der Waals surface area contributed by atoms with Gasteiger partial charge in [0, 0.05) is 11.6 Å².